The van der Waals surface area contributed by atoms with E-state index in [-0.39, 0.29) is 0 Å². The molecule has 0 unspecified atom stereocenters. The van der Waals surface area contributed by atoms with Gasteiger partial charge >= 0.3 is 0 Å². The Morgan fingerprint density at radius 3 is 2.79 bits per heavy atom. The Balaban J connectivity index is 1.61. The molecule has 0 bridgehead atoms. The lowest BCUT2D eigenvalue weighted by Gasteiger charge is -2.22. The Morgan fingerprint density at radius 2 is 2.11 bits per heavy atom. The second-order valence-corrected chi connectivity index (χ2v) is 6.11. The van der Waals surface area contributed by atoms with Gasteiger partial charge in [-0.25, -0.2) is 0 Å². The van der Waals surface area contributed by atoms with Crippen molar-refractivity contribution in [2.45, 2.75) is 31.8 Å². The highest BCUT2D eigenvalue weighted by Crippen LogP contribution is 2.28. The molecule has 0 amide bonds. The van der Waals surface area contributed by atoms with Gasteiger partial charge in [-0.1, -0.05) is 12.1 Å². The molecule has 0 atom stereocenters. The number of thiophene rings is 1. The molecule has 1 fully saturated rings. The lowest BCUT2D eigenvalue weighted by atomic mass is 10.1. The Kier molecular flexibility index (Phi) is 3.85. The SMILES string of the molecule is Nc1cccc(CN(CCc2ccsc2)C2CC2)c1. The van der Waals surface area contributed by atoms with Gasteiger partial charge < -0.3 is 5.73 Å². The van der Waals surface area contributed by atoms with E-state index in [4.69, 9.17) is 5.73 Å². The molecule has 1 aliphatic rings. The van der Waals surface area contributed by atoms with Crippen LogP contribution in [0.2, 0.25) is 0 Å². The Hall–Kier alpha value is -1.32. The van der Waals surface area contributed by atoms with E-state index in [9.17, 15) is 0 Å². The number of hydrogen-bond donors (Lipinski definition) is 1. The number of benzene rings is 1. The summed E-state index contributed by atoms with van der Waals surface area (Å²) in [4.78, 5) is 2.60. The lowest BCUT2D eigenvalue weighted by Crippen LogP contribution is -2.27. The van der Waals surface area contributed by atoms with E-state index in [0.717, 1.165) is 31.2 Å². The van der Waals surface area contributed by atoms with Crippen LogP contribution in [0.15, 0.2) is 41.1 Å². The molecule has 3 heteroatoms. The minimum atomic E-state index is 0.792. The molecule has 1 aliphatic carbocycles. The van der Waals surface area contributed by atoms with Crippen molar-refractivity contribution in [2.75, 3.05) is 12.3 Å². The average molecular weight is 272 g/mol. The fraction of sp³-hybridized carbons (Fsp3) is 0.375. The largest absolute Gasteiger partial charge is 0.399 e. The van der Waals surface area contributed by atoms with Crippen molar-refractivity contribution in [1.29, 1.82) is 0 Å². The highest BCUT2D eigenvalue weighted by molar-refractivity contribution is 7.07. The van der Waals surface area contributed by atoms with Crippen molar-refractivity contribution < 1.29 is 0 Å². The van der Waals surface area contributed by atoms with Crippen LogP contribution in [0.1, 0.15) is 24.0 Å². The third kappa shape index (κ3) is 3.58. The zero-order valence-electron chi connectivity index (χ0n) is 11.1. The standard InChI is InChI=1S/C16H20N2S/c17-15-3-1-2-14(10-15)11-18(16-4-5-16)8-6-13-7-9-19-12-13/h1-3,7,9-10,12,16H,4-6,8,11,17H2. The van der Waals surface area contributed by atoms with Crippen molar-refractivity contribution in [1.82, 2.24) is 4.90 Å². The van der Waals surface area contributed by atoms with Crippen molar-refractivity contribution >= 4 is 17.0 Å². The summed E-state index contributed by atoms with van der Waals surface area (Å²) in [5.74, 6) is 0. The monoisotopic (exact) mass is 272 g/mol. The van der Waals surface area contributed by atoms with Crippen LogP contribution in [-0.4, -0.2) is 17.5 Å². The van der Waals surface area contributed by atoms with Crippen molar-refractivity contribution in [3.8, 4) is 0 Å². The first-order valence-electron chi connectivity index (χ1n) is 6.91. The van der Waals surface area contributed by atoms with E-state index in [1.165, 1.54) is 24.0 Å². The first-order chi connectivity index (χ1) is 9.31. The van der Waals surface area contributed by atoms with Gasteiger partial charge in [0.1, 0.15) is 0 Å². The summed E-state index contributed by atoms with van der Waals surface area (Å²) in [6, 6.07) is 11.3. The molecule has 0 spiro atoms. The van der Waals surface area contributed by atoms with E-state index in [1.807, 2.05) is 6.07 Å². The third-order valence-electron chi connectivity index (χ3n) is 3.67. The van der Waals surface area contributed by atoms with Crippen LogP contribution in [0.25, 0.3) is 0 Å². The average Bonchev–Trinajstić information content (AvgIpc) is 3.11. The number of nitrogens with zero attached hydrogens (tertiary/aromatic N) is 1. The first kappa shape index (κ1) is 12.7. The number of nitrogen functional groups attached to an aromatic ring is 1. The quantitative estimate of drug-likeness (QED) is 0.815. The smallest absolute Gasteiger partial charge is 0.0317 e. The normalized spacial score (nSPS) is 15.0. The van der Waals surface area contributed by atoms with Gasteiger partial charge in [0.15, 0.2) is 0 Å². The van der Waals surface area contributed by atoms with Gasteiger partial charge in [-0.05, 0) is 59.3 Å². The van der Waals surface area contributed by atoms with E-state index < -0.39 is 0 Å². The predicted octanol–water partition coefficient (Wildman–Crippen LogP) is 3.54. The van der Waals surface area contributed by atoms with Crippen molar-refractivity contribution in [3.63, 3.8) is 0 Å². The molecule has 0 radical (unpaired) electrons. The van der Waals surface area contributed by atoms with Crippen molar-refractivity contribution in [3.05, 3.63) is 52.2 Å². The van der Waals surface area contributed by atoms with Crippen LogP contribution in [0, 0.1) is 0 Å². The maximum Gasteiger partial charge on any atom is 0.0317 e. The zero-order valence-corrected chi connectivity index (χ0v) is 11.9. The van der Waals surface area contributed by atoms with Gasteiger partial charge in [-0.15, -0.1) is 0 Å². The highest BCUT2D eigenvalue weighted by Gasteiger charge is 2.28. The summed E-state index contributed by atoms with van der Waals surface area (Å²) in [7, 11) is 0. The van der Waals surface area contributed by atoms with Crippen molar-refractivity contribution in [2.24, 2.45) is 0 Å². The van der Waals surface area contributed by atoms with Gasteiger partial charge in [-0.2, -0.15) is 11.3 Å². The number of hydrogen-bond acceptors (Lipinski definition) is 3. The summed E-state index contributed by atoms with van der Waals surface area (Å²) < 4.78 is 0. The summed E-state index contributed by atoms with van der Waals surface area (Å²) >= 11 is 1.79. The Bertz CT molecular complexity index is 517. The second kappa shape index (κ2) is 5.76. The van der Waals surface area contributed by atoms with Gasteiger partial charge in [0.05, 0.1) is 0 Å². The van der Waals surface area contributed by atoms with Crippen LogP contribution in [0.3, 0.4) is 0 Å². The minimum Gasteiger partial charge on any atom is -0.399 e. The van der Waals surface area contributed by atoms with Crippen LogP contribution in [-0.2, 0) is 13.0 Å². The number of rotatable bonds is 6. The summed E-state index contributed by atoms with van der Waals surface area (Å²) in [6.07, 6.45) is 3.86. The number of anilines is 1. The molecule has 1 saturated carbocycles. The van der Waals surface area contributed by atoms with Crippen LogP contribution in [0.5, 0.6) is 0 Å². The molecule has 1 heterocycles. The maximum absolute atomic E-state index is 5.86. The molecule has 100 valence electrons. The maximum atomic E-state index is 5.86. The topological polar surface area (TPSA) is 29.3 Å². The van der Waals surface area contributed by atoms with Gasteiger partial charge in [0.2, 0.25) is 0 Å². The minimum absolute atomic E-state index is 0.792. The lowest BCUT2D eigenvalue weighted by molar-refractivity contribution is 0.258. The molecule has 3 rings (SSSR count). The molecule has 1 aromatic heterocycles. The zero-order chi connectivity index (χ0) is 13.1. The fourth-order valence-electron chi connectivity index (χ4n) is 2.46. The predicted molar refractivity (Wildman–Crippen MR) is 82.3 cm³/mol. The van der Waals surface area contributed by atoms with Gasteiger partial charge in [0.25, 0.3) is 0 Å². The van der Waals surface area contributed by atoms with Crippen LogP contribution in [0.4, 0.5) is 5.69 Å². The summed E-state index contributed by atoms with van der Waals surface area (Å²) in [5, 5.41) is 4.42. The molecule has 1 aromatic carbocycles. The highest BCUT2D eigenvalue weighted by atomic mass is 32.1. The molecule has 2 N–H and O–H groups in total. The summed E-state index contributed by atoms with van der Waals surface area (Å²) in [5.41, 5.74) is 9.52. The molecule has 2 aromatic rings. The molecule has 0 aliphatic heterocycles. The molecular formula is C16H20N2S. The fourth-order valence-corrected chi connectivity index (χ4v) is 3.17. The third-order valence-corrected chi connectivity index (χ3v) is 4.40. The Labute approximate surface area is 118 Å². The molecular weight excluding hydrogens is 252 g/mol. The van der Waals surface area contributed by atoms with E-state index in [0.29, 0.717) is 0 Å². The van der Waals surface area contributed by atoms with Crippen LogP contribution >= 0.6 is 11.3 Å². The Morgan fingerprint density at radius 1 is 1.21 bits per heavy atom. The molecule has 2 nitrogen and oxygen atoms in total. The summed E-state index contributed by atoms with van der Waals surface area (Å²) in [6.45, 7) is 2.18. The molecule has 19 heavy (non-hydrogen) atoms. The van der Waals surface area contributed by atoms with E-state index in [2.05, 4.69) is 39.9 Å². The first-order valence-corrected chi connectivity index (χ1v) is 7.85. The molecule has 0 saturated heterocycles. The number of nitrogens with two attached hydrogens (primary N) is 1. The van der Waals surface area contributed by atoms with E-state index >= 15 is 0 Å². The second-order valence-electron chi connectivity index (χ2n) is 5.33. The van der Waals surface area contributed by atoms with Crippen LogP contribution < -0.4 is 5.73 Å². The van der Waals surface area contributed by atoms with E-state index in [1.54, 1.807) is 11.3 Å². The van der Waals surface area contributed by atoms with Gasteiger partial charge in [0, 0.05) is 24.8 Å². The van der Waals surface area contributed by atoms with Gasteiger partial charge in [-0.3, -0.25) is 4.90 Å².